The van der Waals surface area contributed by atoms with E-state index in [-0.39, 0.29) is 11.5 Å². The van der Waals surface area contributed by atoms with E-state index in [1.165, 1.54) is 29.2 Å². The second-order valence-corrected chi connectivity index (χ2v) is 6.89. The topological polar surface area (TPSA) is 101 Å². The fourth-order valence-corrected chi connectivity index (χ4v) is 3.11. The highest BCUT2D eigenvalue weighted by molar-refractivity contribution is 8.00. The van der Waals surface area contributed by atoms with Crippen LogP contribution < -0.4 is 10.9 Å². The Labute approximate surface area is 136 Å². The normalized spacial score (nSPS) is 12.1. The molecule has 0 aliphatic carbocycles. The number of carbonyl (C=O) groups is 1. The van der Waals surface area contributed by atoms with Crippen LogP contribution >= 0.6 is 23.1 Å². The minimum absolute atomic E-state index is 0.201. The number of H-pyrrole nitrogens is 1. The highest BCUT2D eigenvalue weighted by Crippen LogP contribution is 2.21. The van der Waals surface area contributed by atoms with Gasteiger partial charge in [-0.25, -0.2) is 4.98 Å². The van der Waals surface area contributed by atoms with Gasteiger partial charge in [0.2, 0.25) is 11.0 Å². The van der Waals surface area contributed by atoms with E-state index >= 15 is 0 Å². The Balaban J connectivity index is 2.01. The van der Waals surface area contributed by atoms with Gasteiger partial charge in [0, 0.05) is 11.8 Å². The van der Waals surface area contributed by atoms with Gasteiger partial charge in [0.05, 0.1) is 5.25 Å². The summed E-state index contributed by atoms with van der Waals surface area (Å²) < 4.78 is 0. The SMILES string of the molecule is CCc1cc(=O)[nH]c(SC(C)C(=O)Nc2nnc(CC)s2)n1. The van der Waals surface area contributed by atoms with Crippen LogP contribution in [0, 0.1) is 0 Å². The molecule has 0 fully saturated rings. The minimum atomic E-state index is -0.413. The number of hydrogen-bond acceptors (Lipinski definition) is 7. The molecule has 7 nitrogen and oxygen atoms in total. The summed E-state index contributed by atoms with van der Waals surface area (Å²) in [6.45, 7) is 5.65. The van der Waals surface area contributed by atoms with Gasteiger partial charge < -0.3 is 4.98 Å². The lowest BCUT2D eigenvalue weighted by Gasteiger charge is -2.09. The van der Waals surface area contributed by atoms with Crippen LogP contribution in [0.4, 0.5) is 5.13 Å². The third-order valence-electron chi connectivity index (χ3n) is 2.79. The molecule has 2 aromatic rings. The van der Waals surface area contributed by atoms with Gasteiger partial charge in [-0.1, -0.05) is 36.9 Å². The van der Waals surface area contributed by atoms with Crippen molar-refractivity contribution in [3.63, 3.8) is 0 Å². The molecule has 0 spiro atoms. The second kappa shape index (κ2) is 7.50. The van der Waals surface area contributed by atoms with Gasteiger partial charge in [-0.05, 0) is 19.8 Å². The molecule has 22 heavy (non-hydrogen) atoms. The maximum absolute atomic E-state index is 12.1. The Morgan fingerprint density at radius 1 is 1.41 bits per heavy atom. The first-order valence-electron chi connectivity index (χ1n) is 6.92. The van der Waals surface area contributed by atoms with Gasteiger partial charge in [0.15, 0.2) is 5.16 Å². The van der Waals surface area contributed by atoms with Crippen molar-refractivity contribution in [2.24, 2.45) is 0 Å². The summed E-state index contributed by atoms with van der Waals surface area (Å²) in [6, 6.07) is 1.46. The standard InChI is InChI=1S/C13H17N5O2S2/c1-4-8-6-9(19)15-12(14-8)21-7(3)11(20)16-13-18-17-10(5-2)22-13/h6-7H,4-5H2,1-3H3,(H,14,15,19)(H,16,18,20). The number of rotatable bonds is 6. The van der Waals surface area contributed by atoms with E-state index in [1.54, 1.807) is 6.92 Å². The molecule has 1 unspecified atom stereocenters. The van der Waals surface area contributed by atoms with Crippen LogP contribution in [0.15, 0.2) is 16.0 Å². The smallest absolute Gasteiger partial charge is 0.251 e. The predicted molar refractivity (Wildman–Crippen MR) is 87.5 cm³/mol. The zero-order valence-corrected chi connectivity index (χ0v) is 14.2. The Bertz CT molecular complexity index is 712. The third kappa shape index (κ3) is 4.38. The third-order valence-corrected chi connectivity index (χ3v) is 4.76. The molecular weight excluding hydrogens is 322 g/mol. The first-order chi connectivity index (χ1) is 10.5. The Kier molecular flexibility index (Phi) is 5.67. The number of anilines is 1. The number of carbonyl (C=O) groups excluding carboxylic acids is 1. The van der Waals surface area contributed by atoms with E-state index in [0.717, 1.165) is 11.4 Å². The lowest BCUT2D eigenvalue weighted by molar-refractivity contribution is -0.115. The predicted octanol–water partition coefficient (Wildman–Crippen LogP) is 1.87. The lowest BCUT2D eigenvalue weighted by Crippen LogP contribution is -2.23. The summed E-state index contributed by atoms with van der Waals surface area (Å²) in [5.74, 6) is -0.201. The summed E-state index contributed by atoms with van der Waals surface area (Å²) in [5, 5.41) is 12.0. The molecule has 2 aromatic heterocycles. The maximum atomic E-state index is 12.1. The number of aromatic amines is 1. The zero-order chi connectivity index (χ0) is 16.1. The molecule has 0 saturated carbocycles. The quantitative estimate of drug-likeness (QED) is 0.615. The second-order valence-electron chi connectivity index (χ2n) is 4.50. The number of aromatic nitrogens is 4. The van der Waals surface area contributed by atoms with E-state index in [2.05, 4.69) is 25.5 Å². The number of nitrogens with zero attached hydrogens (tertiary/aromatic N) is 3. The molecule has 2 rings (SSSR count). The van der Waals surface area contributed by atoms with E-state index in [4.69, 9.17) is 0 Å². The fourth-order valence-electron chi connectivity index (χ4n) is 1.60. The molecule has 0 aliphatic rings. The van der Waals surface area contributed by atoms with Crippen LogP contribution in [-0.2, 0) is 17.6 Å². The highest BCUT2D eigenvalue weighted by Gasteiger charge is 2.18. The average molecular weight is 339 g/mol. The number of aryl methyl sites for hydroxylation is 2. The molecule has 0 aromatic carbocycles. The molecule has 9 heteroatoms. The van der Waals surface area contributed by atoms with Gasteiger partial charge >= 0.3 is 0 Å². The molecule has 2 N–H and O–H groups in total. The minimum Gasteiger partial charge on any atom is -0.301 e. The van der Waals surface area contributed by atoms with Crippen molar-refractivity contribution in [1.82, 2.24) is 20.2 Å². The van der Waals surface area contributed by atoms with Crippen LogP contribution in [0.2, 0.25) is 0 Å². The molecule has 1 amide bonds. The van der Waals surface area contributed by atoms with Crippen molar-refractivity contribution in [1.29, 1.82) is 0 Å². The molecule has 0 bridgehead atoms. The van der Waals surface area contributed by atoms with Gasteiger partial charge in [-0.15, -0.1) is 10.2 Å². The summed E-state index contributed by atoms with van der Waals surface area (Å²) in [4.78, 5) is 30.6. The van der Waals surface area contributed by atoms with E-state index in [1.807, 2.05) is 13.8 Å². The molecule has 0 saturated heterocycles. The highest BCUT2D eigenvalue weighted by atomic mass is 32.2. The van der Waals surface area contributed by atoms with Crippen molar-refractivity contribution >= 4 is 34.1 Å². The summed E-state index contributed by atoms with van der Waals surface area (Å²) in [5.41, 5.74) is 0.495. The number of thioether (sulfide) groups is 1. The van der Waals surface area contributed by atoms with Crippen LogP contribution in [-0.4, -0.2) is 31.3 Å². The Morgan fingerprint density at radius 3 is 2.82 bits per heavy atom. The Hall–Kier alpha value is -1.74. The van der Waals surface area contributed by atoms with E-state index < -0.39 is 5.25 Å². The number of hydrogen-bond donors (Lipinski definition) is 2. The fraction of sp³-hybridized carbons (Fsp3) is 0.462. The van der Waals surface area contributed by atoms with Crippen LogP contribution in [0.25, 0.3) is 0 Å². The average Bonchev–Trinajstić information content (AvgIpc) is 2.94. The van der Waals surface area contributed by atoms with E-state index in [9.17, 15) is 9.59 Å². The van der Waals surface area contributed by atoms with Gasteiger partial charge in [-0.2, -0.15) is 0 Å². The number of amides is 1. The molecule has 2 heterocycles. The molecule has 1 atom stereocenters. The first-order valence-corrected chi connectivity index (χ1v) is 8.61. The van der Waals surface area contributed by atoms with Gasteiger partial charge in [0.1, 0.15) is 5.01 Å². The molecule has 0 radical (unpaired) electrons. The number of nitrogens with one attached hydrogen (secondary N) is 2. The van der Waals surface area contributed by atoms with Crippen molar-refractivity contribution in [3.8, 4) is 0 Å². The van der Waals surface area contributed by atoms with Crippen LogP contribution in [0.5, 0.6) is 0 Å². The monoisotopic (exact) mass is 339 g/mol. The van der Waals surface area contributed by atoms with Gasteiger partial charge in [-0.3, -0.25) is 14.9 Å². The molecule has 118 valence electrons. The van der Waals surface area contributed by atoms with Crippen molar-refractivity contribution < 1.29 is 4.79 Å². The Morgan fingerprint density at radius 2 is 2.18 bits per heavy atom. The van der Waals surface area contributed by atoms with Crippen LogP contribution in [0.1, 0.15) is 31.5 Å². The largest absolute Gasteiger partial charge is 0.301 e. The summed E-state index contributed by atoms with van der Waals surface area (Å²) in [7, 11) is 0. The molecular formula is C13H17N5O2S2. The van der Waals surface area contributed by atoms with Crippen molar-refractivity contribution in [3.05, 3.63) is 27.1 Å². The first kappa shape index (κ1) is 16.6. The van der Waals surface area contributed by atoms with Gasteiger partial charge in [0.25, 0.3) is 5.56 Å². The lowest BCUT2D eigenvalue weighted by atomic mass is 10.3. The zero-order valence-electron chi connectivity index (χ0n) is 12.5. The summed E-state index contributed by atoms with van der Waals surface area (Å²) >= 11 is 2.56. The molecule has 0 aliphatic heterocycles. The maximum Gasteiger partial charge on any atom is 0.251 e. The van der Waals surface area contributed by atoms with Crippen molar-refractivity contribution in [2.45, 2.75) is 44.0 Å². The van der Waals surface area contributed by atoms with Crippen molar-refractivity contribution in [2.75, 3.05) is 5.32 Å². The van der Waals surface area contributed by atoms with E-state index in [0.29, 0.717) is 22.4 Å². The summed E-state index contributed by atoms with van der Waals surface area (Å²) in [6.07, 6.45) is 1.45. The van der Waals surface area contributed by atoms with Crippen LogP contribution in [0.3, 0.4) is 0 Å².